The monoisotopic (exact) mass is 310 g/mol. The van der Waals surface area contributed by atoms with Crippen molar-refractivity contribution in [2.45, 2.75) is 50.6 Å². The van der Waals surface area contributed by atoms with Gasteiger partial charge in [-0.05, 0) is 57.9 Å². The van der Waals surface area contributed by atoms with Gasteiger partial charge in [0.15, 0.2) is 0 Å². The average molecular weight is 310 g/mol. The van der Waals surface area contributed by atoms with E-state index in [2.05, 4.69) is 5.32 Å². The van der Waals surface area contributed by atoms with E-state index < -0.39 is 11.0 Å². The van der Waals surface area contributed by atoms with Crippen molar-refractivity contribution in [2.75, 3.05) is 5.75 Å². The molecule has 1 aromatic carbocycles. The fraction of sp³-hybridized carbons (Fsp3) is 0.562. The van der Waals surface area contributed by atoms with Gasteiger partial charge < -0.3 is 11.1 Å². The van der Waals surface area contributed by atoms with Gasteiger partial charge >= 0.3 is 0 Å². The quantitative estimate of drug-likeness (QED) is 0.901. The van der Waals surface area contributed by atoms with Crippen LogP contribution in [-0.2, 0) is 4.79 Å². The first-order valence-electron chi connectivity index (χ1n) is 7.15. The van der Waals surface area contributed by atoms with Crippen molar-refractivity contribution in [3.05, 3.63) is 29.6 Å². The second-order valence-electron chi connectivity index (χ2n) is 6.69. The van der Waals surface area contributed by atoms with Gasteiger partial charge in [-0.25, -0.2) is 4.39 Å². The number of fused-ring (bicyclic) bond motifs is 1. The molecule has 0 saturated heterocycles. The highest BCUT2D eigenvalue weighted by Gasteiger charge is 2.41. The molecule has 0 saturated carbocycles. The molecule has 0 bridgehead atoms. The third-order valence-corrected chi connectivity index (χ3v) is 5.62. The SMILES string of the molecule is CC(C)(N)C(C)(C)C(=O)NC1CCSc2ccc(F)cc21. The van der Waals surface area contributed by atoms with Gasteiger partial charge in [0.05, 0.1) is 11.5 Å². The van der Waals surface area contributed by atoms with Crippen LogP contribution in [0.3, 0.4) is 0 Å². The summed E-state index contributed by atoms with van der Waals surface area (Å²) in [7, 11) is 0. The van der Waals surface area contributed by atoms with Crippen molar-refractivity contribution < 1.29 is 9.18 Å². The number of hydrogen-bond acceptors (Lipinski definition) is 3. The molecule has 116 valence electrons. The van der Waals surface area contributed by atoms with Crippen LogP contribution in [0.4, 0.5) is 4.39 Å². The number of carbonyl (C=O) groups is 1. The molecular weight excluding hydrogens is 287 g/mol. The molecule has 1 atom stereocenters. The second kappa shape index (κ2) is 5.61. The lowest BCUT2D eigenvalue weighted by molar-refractivity contribution is -0.133. The van der Waals surface area contributed by atoms with Crippen LogP contribution < -0.4 is 11.1 Å². The van der Waals surface area contributed by atoms with E-state index in [1.807, 2.05) is 27.7 Å². The Morgan fingerprint density at radius 3 is 2.67 bits per heavy atom. The smallest absolute Gasteiger partial charge is 0.227 e. The van der Waals surface area contributed by atoms with Crippen LogP contribution in [0.25, 0.3) is 0 Å². The van der Waals surface area contributed by atoms with Gasteiger partial charge in [-0.1, -0.05) is 0 Å². The van der Waals surface area contributed by atoms with Gasteiger partial charge in [0.1, 0.15) is 5.82 Å². The van der Waals surface area contributed by atoms with E-state index in [4.69, 9.17) is 5.73 Å². The minimum atomic E-state index is -0.703. The topological polar surface area (TPSA) is 55.1 Å². The van der Waals surface area contributed by atoms with E-state index in [1.165, 1.54) is 12.1 Å². The van der Waals surface area contributed by atoms with Crippen LogP contribution in [0.5, 0.6) is 0 Å². The van der Waals surface area contributed by atoms with Crippen molar-refractivity contribution in [3.63, 3.8) is 0 Å². The first-order valence-corrected chi connectivity index (χ1v) is 8.13. The summed E-state index contributed by atoms with van der Waals surface area (Å²) in [6.07, 6.45) is 0.800. The molecule has 1 aliphatic heterocycles. The molecule has 1 aromatic rings. The van der Waals surface area contributed by atoms with Crippen LogP contribution in [0.15, 0.2) is 23.1 Å². The summed E-state index contributed by atoms with van der Waals surface area (Å²) in [6.45, 7) is 7.37. The number of rotatable bonds is 3. The normalized spacial score (nSPS) is 19.0. The average Bonchev–Trinajstić information content (AvgIpc) is 2.38. The molecule has 0 aromatic heterocycles. The number of thioether (sulfide) groups is 1. The minimum absolute atomic E-state index is 0.0953. The van der Waals surface area contributed by atoms with Gasteiger partial charge in [0, 0.05) is 16.2 Å². The van der Waals surface area contributed by atoms with Crippen LogP contribution in [0.1, 0.15) is 45.7 Å². The number of nitrogens with two attached hydrogens (primary N) is 1. The van der Waals surface area contributed by atoms with Crippen molar-refractivity contribution in [2.24, 2.45) is 11.1 Å². The predicted octanol–water partition coefficient (Wildman–Crippen LogP) is 3.24. The molecule has 2 rings (SSSR count). The zero-order chi connectivity index (χ0) is 15.8. The second-order valence-corrected chi connectivity index (χ2v) is 7.83. The van der Waals surface area contributed by atoms with E-state index in [0.717, 1.165) is 22.6 Å². The molecule has 3 N–H and O–H groups in total. The summed E-state index contributed by atoms with van der Waals surface area (Å²) in [5.74, 6) is 0.548. The lowest BCUT2D eigenvalue weighted by Gasteiger charge is -2.38. The fourth-order valence-electron chi connectivity index (χ4n) is 2.15. The molecule has 0 spiro atoms. The highest BCUT2D eigenvalue weighted by atomic mass is 32.2. The third kappa shape index (κ3) is 3.24. The molecule has 3 nitrogen and oxygen atoms in total. The van der Waals surface area contributed by atoms with E-state index in [1.54, 1.807) is 17.8 Å². The summed E-state index contributed by atoms with van der Waals surface area (Å²) >= 11 is 1.70. The molecule has 0 aliphatic carbocycles. The summed E-state index contributed by atoms with van der Waals surface area (Å²) in [5, 5.41) is 3.05. The molecule has 1 aliphatic rings. The Labute approximate surface area is 129 Å². The standard InChI is InChI=1S/C16H23FN2OS/c1-15(2,16(3,4)18)14(20)19-12-7-8-21-13-6-5-10(17)9-11(12)13/h5-6,9,12H,7-8,18H2,1-4H3,(H,19,20). The first kappa shape index (κ1) is 16.3. The maximum Gasteiger partial charge on any atom is 0.227 e. The maximum absolute atomic E-state index is 13.5. The minimum Gasteiger partial charge on any atom is -0.349 e. The maximum atomic E-state index is 13.5. The van der Waals surface area contributed by atoms with Gasteiger partial charge in [-0.3, -0.25) is 4.79 Å². The van der Waals surface area contributed by atoms with Crippen molar-refractivity contribution >= 4 is 17.7 Å². The van der Waals surface area contributed by atoms with Crippen molar-refractivity contribution in [1.82, 2.24) is 5.32 Å². The highest BCUT2D eigenvalue weighted by molar-refractivity contribution is 7.99. The predicted molar refractivity (Wildman–Crippen MR) is 84.7 cm³/mol. The Balaban J connectivity index is 2.23. The number of amides is 1. The molecule has 0 fully saturated rings. The Kier molecular flexibility index (Phi) is 4.36. The van der Waals surface area contributed by atoms with Gasteiger partial charge in [-0.15, -0.1) is 11.8 Å². The number of benzene rings is 1. The van der Waals surface area contributed by atoms with Crippen molar-refractivity contribution in [3.8, 4) is 0 Å². The zero-order valence-electron chi connectivity index (χ0n) is 13.0. The van der Waals surface area contributed by atoms with Crippen LogP contribution in [0.2, 0.25) is 0 Å². The first-order chi connectivity index (χ1) is 9.63. The highest BCUT2D eigenvalue weighted by Crippen LogP contribution is 2.37. The number of hydrogen-bond donors (Lipinski definition) is 2. The van der Waals surface area contributed by atoms with Crippen LogP contribution in [0, 0.1) is 11.2 Å². The van der Waals surface area contributed by atoms with Crippen LogP contribution >= 0.6 is 11.8 Å². The van der Waals surface area contributed by atoms with E-state index in [9.17, 15) is 9.18 Å². The molecule has 21 heavy (non-hydrogen) atoms. The Hall–Kier alpha value is -1.07. The number of halogens is 1. The summed E-state index contributed by atoms with van der Waals surface area (Å²) in [6, 6.07) is 4.62. The van der Waals surface area contributed by atoms with E-state index in [-0.39, 0.29) is 17.8 Å². The van der Waals surface area contributed by atoms with Gasteiger partial charge in [0.25, 0.3) is 0 Å². The van der Waals surface area contributed by atoms with Crippen molar-refractivity contribution in [1.29, 1.82) is 0 Å². The summed E-state index contributed by atoms with van der Waals surface area (Å²) in [5.41, 5.74) is 5.64. The zero-order valence-corrected chi connectivity index (χ0v) is 13.8. The van der Waals surface area contributed by atoms with E-state index in [0.29, 0.717) is 0 Å². The van der Waals surface area contributed by atoms with E-state index >= 15 is 0 Å². The Morgan fingerprint density at radius 2 is 2.05 bits per heavy atom. The Morgan fingerprint density at radius 1 is 1.38 bits per heavy atom. The molecule has 1 unspecified atom stereocenters. The van der Waals surface area contributed by atoms with Gasteiger partial charge in [-0.2, -0.15) is 0 Å². The molecule has 1 heterocycles. The summed E-state index contributed by atoms with van der Waals surface area (Å²) in [4.78, 5) is 13.6. The van der Waals surface area contributed by atoms with Crippen LogP contribution in [-0.4, -0.2) is 17.2 Å². The lowest BCUT2D eigenvalue weighted by atomic mass is 9.74. The molecule has 1 amide bonds. The van der Waals surface area contributed by atoms with Gasteiger partial charge in [0.2, 0.25) is 5.91 Å². The molecule has 5 heteroatoms. The Bertz CT molecular complexity index is 552. The fourth-order valence-corrected chi connectivity index (χ4v) is 3.25. The third-order valence-electron chi connectivity index (χ3n) is 4.50. The lowest BCUT2D eigenvalue weighted by Crippen LogP contribution is -2.56. The summed E-state index contributed by atoms with van der Waals surface area (Å²) < 4.78 is 13.5. The number of carbonyl (C=O) groups excluding carboxylic acids is 1. The largest absolute Gasteiger partial charge is 0.349 e. The molecule has 0 radical (unpaired) electrons. The number of nitrogens with one attached hydrogen (secondary N) is 1. The molecular formula is C16H23FN2OS.